The Bertz CT molecular complexity index is 935. The molecule has 0 spiro atoms. The molecule has 0 aliphatic carbocycles. The van der Waals surface area contributed by atoms with Gasteiger partial charge in [0.05, 0.1) is 0 Å². The fourth-order valence-electron chi connectivity index (χ4n) is 2.49. The fraction of sp³-hybridized carbons (Fsp3) is 0.273. The lowest BCUT2D eigenvalue weighted by molar-refractivity contribution is 1.39. The van der Waals surface area contributed by atoms with Crippen LogP contribution in [0, 0.1) is 34.6 Å². The standard InChI is InChI=1S/C8H10.2C7H9N.C7H8.CH5N.3CH4/c1-7-4-3-5-8(2)6-7;1-6-2-4-7(8)5-3-6;1-6-4-2-3-5-7(6)8;1-7-5-3-2-4-6-7;1-2;;;/h3-6H,1-2H3;2*2-5H,8H2,1H3;2-6H,1H3;2H2,1H3;3*1H4. The predicted molar refractivity (Wildman–Crippen MR) is 169 cm³/mol. The van der Waals surface area contributed by atoms with Gasteiger partial charge in [-0.25, -0.2) is 0 Å². The van der Waals surface area contributed by atoms with Crippen LogP contribution >= 0.6 is 0 Å². The first kappa shape index (κ1) is 39.6. The van der Waals surface area contributed by atoms with Gasteiger partial charge in [0.25, 0.3) is 0 Å². The number of benzene rings is 4. The second kappa shape index (κ2) is 24.6. The van der Waals surface area contributed by atoms with Gasteiger partial charge in [-0.05, 0) is 65.4 Å². The van der Waals surface area contributed by atoms with Crippen LogP contribution in [-0.2, 0) is 0 Å². The highest BCUT2D eigenvalue weighted by atomic mass is 14.5. The van der Waals surface area contributed by atoms with Crippen molar-refractivity contribution in [3.63, 3.8) is 0 Å². The van der Waals surface area contributed by atoms with E-state index in [0.29, 0.717) is 0 Å². The summed E-state index contributed by atoms with van der Waals surface area (Å²) in [6, 6.07) is 34.3. The average Bonchev–Trinajstić information content (AvgIpc) is 2.81. The summed E-state index contributed by atoms with van der Waals surface area (Å²) in [6.07, 6.45) is 0. The van der Waals surface area contributed by atoms with Crippen molar-refractivity contribution in [2.24, 2.45) is 5.73 Å². The largest absolute Gasteiger partial charge is 0.399 e. The molecule has 0 aliphatic heterocycles. The summed E-state index contributed by atoms with van der Waals surface area (Å²) in [4.78, 5) is 0. The third-order valence-corrected chi connectivity index (χ3v) is 4.38. The van der Waals surface area contributed by atoms with Crippen LogP contribution in [0.3, 0.4) is 0 Å². The molecule has 3 heteroatoms. The Morgan fingerprint density at radius 2 is 0.806 bits per heavy atom. The molecular formula is C33H53N3. The maximum Gasteiger partial charge on any atom is 0.0343 e. The van der Waals surface area contributed by atoms with Crippen molar-refractivity contribution in [1.29, 1.82) is 0 Å². The minimum Gasteiger partial charge on any atom is -0.399 e. The van der Waals surface area contributed by atoms with Crippen molar-refractivity contribution in [2.45, 2.75) is 56.9 Å². The van der Waals surface area contributed by atoms with E-state index >= 15 is 0 Å². The number of rotatable bonds is 0. The predicted octanol–water partition coefficient (Wildman–Crippen LogP) is 8.94. The highest BCUT2D eigenvalue weighted by Gasteiger charge is 1.84. The summed E-state index contributed by atoms with van der Waals surface area (Å²) >= 11 is 0. The van der Waals surface area contributed by atoms with E-state index in [-0.39, 0.29) is 22.3 Å². The van der Waals surface area contributed by atoms with Gasteiger partial charge >= 0.3 is 0 Å². The van der Waals surface area contributed by atoms with E-state index in [2.05, 4.69) is 62.9 Å². The van der Waals surface area contributed by atoms with E-state index in [4.69, 9.17) is 11.5 Å². The molecule has 0 fully saturated rings. The number of nitrogens with two attached hydrogens (primary N) is 3. The van der Waals surface area contributed by atoms with E-state index in [1.54, 1.807) is 0 Å². The third kappa shape index (κ3) is 21.0. The molecule has 0 atom stereocenters. The summed E-state index contributed by atoms with van der Waals surface area (Å²) in [5, 5.41) is 0. The molecule has 4 aromatic rings. The molecule has 0 bridgehead atoms. The molecule has 0 aromatic heterocycles. The maximum atomic E-state index is 5.52. The Morgan fingerprint density at radius 1 is 0.417 bits per heavy atom. The zero-order valence-electron chi connectivity index (χ0n) is 21.0. The molecular weight excluding hydrogens is 438 g/mol. The van der Waals surface area contributed by atoms with Crippen LogP contribution in [0.5, 0.6) is 0 Å². The first-order valence-corrected chi connectivity index (χ1v) is 11.0. The second-order valence-electron chi connectivity index (χ2n) is 7.58. The van der Waals surface area contributed by atoms with Crippen LogP contribution in [-0.4, -0.2) is 7.05 Å². The number of anilines is 2. The molecule has 0 aliphatic rings. The molecule has 0 unspecified atom stereocenters. The lowest BCUT2D eigenvalue weighted by Gasteiger charge is -1.93. The quantitative estimate of drug-likeness (QED) is 0.215. The number of hydrogen-bond donors (Lipinski definition) is 3. The van der Waals surface area contributed by atoms with Gasteiger partial charge in [-0.1, -0.05) is 129 Å². The molecule has 6 N–H and O–H groups in total. The molecule has 0 saturated carbocycles. The minimum absolute atomic E-state index is 0. The van der Waals surface area contributed by atoms with E-state index in [1.165, 1.54) is 29.3 Å². The molecule has 0 radical (unpaired) electrons. The number of para-hydroxylation sites is 1. The molecule has 4 rings (SSSR count). The summed E-state index contributed by atoms with van der Waals surface area (Å²) in [5.41, 5.74) is 23.5. The van der Waals surface area contributed by atoms with Gasteiger partial charge in [0.1, 0.15) is 0 Å². The Labute approximate surface area is 223 Å². The molecule has 36 heavy (non-hydrogen) atoms. The first-order chi connectivity index (χ1) is 15.8. The van der Waals surface area contributed by atoms with Crippen molar-refractivity contribution in [3.8, 4) is 0 Å². The van der Waals surface area contributed by atoms with Crippen LogP contribution in [0.1, 0.15) is 50.1 Å². The van der Waals surface area contributed by atoms with Gasteiger partial charge in [-0.3, -0.25) is 0 Å². The summed E-state index contributed by atoms with van der Waals surface area (Å²) in [5.74, 6) is 0. The van der Waals surface area contributed by atoms with Crippen LogP contribution in [0.15, 0.2) is 103 Å². The number of aryl methyl sites for hydroxylation is 5. The van der Waals surface area contributed by atoms with E-state index in [0.717, 1.165) is 16.9 Å². The Morgan fingerprint density at radius 3 is 1.08 bits per heavy atom. The molecule has 4 aromatic carbocycles. The first-order valence-electron chi connectivity index (χ1n) is 11.0. The molecule has 200 valence electrons. The molecule has 3 nitrogen and oxygen atoms in total. The van der Waals surface area contributed by atoms with Gasteiger partial charge < -0.3 is 17.2 Å². The van der Waals surface area contributed by atoms with Crippen LogP contribution in [0.25, 0.3) is 0 Å². The SMILES string of the molecule is C.C.C.CN.Cc1ccc(N)cc1.Cc1cccc(C)c1.Cc1ccccc1.Cc1ccccc1N. The fourth-order valence-corrected chi connectivity index (χ4v) is 2.49. The lowest BCUT2D eigenvalue weighted by Crippen LogP contribution is -1.85. The topological polar surface area (TPSA) is 78.1 Å². The Kier molecular flexibility index (Phi) is 27.0. The van der Waals surface area contributed by atoms with Crippen molar-refractivity contribution in [2.75, 3.05) is 18.5 Å². The van der Waals surface area contributed by atoms with Crippen LogP contribution < -0.4 is 17.2 Å². The Hall–Kier alpha value is -3.56. The maximum absolute atomic E-state index is 5.52. The molecule has 0 heterocycles. The zero-order chi connectivity index (χ0) is 25.1. The summed E-state index contributed by atoms with van der Waals surface area (Å²) in [7, 11) is 1.50. The van der Waals surface area contributed by atoms with Crippen LogP contribution in [0.2, 0.25) is 0 Å². The highest BCUT2D eigenvalue weighted by Crippen LogP contribution is 2.06. The summed E-state index contributed by atoms with van der Waals surface area (Å²) < 4.78 is 0. The van der Waals surface area contributed by atoms with Crippen molar-refractivity contribution < 1.29 is 0 Å². The van der Waals surface area contributed by atoms with Gasteiger partial charge in [-0.2, -0.15) is 0 Å². The van der Waals surface area contributed by atoms with Crippen molar-refractivity contribution >= 4 is 11.4 Å². The highest BCUT2D eigenvalue weighted by molar-refractivity contribution is 5.45. The lowest BCUT2D eigenvalue weighted by atomic mass is 10.2. The number of hydrogen-bond acceptors (Lipinski definition) is 3. The van der Waals surface area contributed by atoms with Gasteiger partial charge in [0, 0.05) is 11.4 Å². The second-order valence-corrected chi connectivity index (χ2v) is 7.58. The van der Waals surface area contributed by atoms with Gasteiger partial charge in [0.15, 0.2) is 0 Å². The monoisotopic (exact) mass is 491 g/mol. The van der Waals surface area contributed by atoms with E-state index in [1.807, 2.05) is 80.6 Å². The van der Waals surface area contributed by atoms with Gasteiger partial charge in [0.2, 0.25) is 0 Å². The molecule has 0 amide bonds. The van der Waals surface area contributed by atoms with Crippen molar-refractivity contribution in [1.82, 2.24) is 0 Å². The number of nitrogen functional groups attached to an aromatic ring is 2. The van der Waals surface area contributed by atoms with Crippen LogP contribution in [0.4, 0.5) is 11.4 Å². The zero-order valence-corrected chi connectivity index (χ0v) is 21.0. The van der Waals surface area contributed by atoms with Crippen molar-refractivity contribution in [3.05, 3.63) is 131 Å². The van der Waals surface area contributed by atoms with E-state index in [9.17, 15) is 0 Å². The Balaban J connectivity index is -0.000000180. The normalized spacial score (nSPS) is 7.97. The smallest absolute Gasteiger partial charge is 0.0343 e. The summed E-state index contributed by atoms with van der Waals surface area (Å²) in [6.45, 7) is 10.3. The van der Waals surface area contributed by atoms with Gasteiger partial charge in [-0.15, -0.1) is 0 Å². The minimum atomic E-state index is 0. The van der Waals surface area contributed by atoms with E-state index < -0.39 is 0 Å². The third-order valence-electron chi connectivity index (χ3n) is 4.38. The molecule has 0 saturated heterocycles. The average molecular weight is 492 g/mol.